The Morgan fingerprint density at radius 2 is 1.95 bits per heavy atom. The van der Waals surface area contributed by atoms with E-state index in [0.29, 0.717) is 6.61 Å². The van der Waals surface area contributed by atoms with E-state index in [-0.39, 0.29) is 0 Å². The largest absolute Gasteiger partial charge is 0.489 e. The molecule has 0 fully saturated rings. The zero-order valence-electron chi connectivity index (χ0n) is 11.3. The molecule has 3 rings (SSSR count). The molecule has 0 aliphatic heterocycles. The van der Waals surface area contributed by atoms with Crippen LogP contribution in [0.2, 0.25) is 0 Å². The van der Waals surface area contributed by atoms with E-state index in [2.05, 4.69) is 4.98 Å². The van der Waals surface area contributed by atoms with Crippen molar-refractivity contribution < 1.29 is 9.84 Å². The summed E-state index contributed by atoms with van der Waals surface area (Å²) < 4.78 is 5.81. The van der Waals surface area contributed by atoms with Gasteiger partial charge in [0.25, 0.3) is 0 Å². The van der Waals surface area contributed by atoms with Crippen LogP contribution in [0.15, 0.2) is 54.7 Å². The highest BCUT2D eigenvalue weighted by molar-refractivity contribution is 5.84. The third kappa shape index (κ3) is 2.53. The Morgan fingerprint density at radius 1 is 1.15 bits per heavy atom. The fourth-order valence-corrected chi connectivity index (χ4v) is 2.30. The second kappa shape index (κ2) is 5.39. The molecule has 0 saturated carbocycles. The van der Waals surface area contributed by atoms with Crippen molar-refractivity contribution in [3.63, 3.8) is 0 Å². The van der Waals surface area contributed by atoms with Gasteiger partial charge in [-0.2, -0.15) is 0 Å². The average molecular weight is 267 g/mol. The van der Waals surface area contributed by atoms with Crippen LogP contribution in [0.3, 0.4) is 0 Å². The summed E-state index contributed by atoms with van der Waals surface area (Å²) in [5, 5.41) is 10.8. The predicted octanol–water partition coefficient (Wildman–Crippen LogP) is 3.80. The first-order valence-electron chi connectivity index (χ1n) is 6.70. The predicted molar refractivity (Wildman–Crippen MR) is 79.7 cm³/mol. The van der Waals surface area contributed by atoms with Crippen LogP contribution < -0.4 is 4.74 Å². The summed E-state index contributed by atoms with van der Waals surface area (Å²) >= 11 is 0. The molecule has 2 aromatic carbocycles. The van der Waals surface area contributed by atoms with Crippen molar-refractivity contribution in [3.8, 4) is 5.75 Å². The second-order valence-electron chi connectivity index (χ2n) is 4.90. The van der Waals surface area contributed by atoms with Gasteiger partial charge in [-0.25, -0.2) is 0 Å². The third-order valence-electron chi connectivity index (χ3n) is 3.38. The number of aromatic nitrogens is 1. The minimum Gasteiger partial charge on any atom is -0.489 e. The fraction of sp³-hybridized carbons (Fsp3) is 0.176. The Balaban J connectivity index is 1.83. The number of aromatic amines is 1. The van der Waals surface area contributed by atoms with Gasteiger partial charge in [-0.05, 0) is 30.7 Å². The molecule has 1 aromatic heterocycles. The highest BCUT2D eigenvalue weighted by Gasteiger charge is 2.09. The molecule has 0 radical (unpaired) electrons. The van der Waals surface area contributed by atoms with Crippen molar-refractivity contribution in [1.29, 1.82) is 0 Å². The van der Waals surface area contributed by atoms with Gasteiger partial charge in [0.2, 0.25) is 0 Å². The molecule has 20 heavy (non-hydrogen) atoms. The topological polar surface area (TPSA) is 45.2 Å². The molecule has 0 aliphatic carbocycles. The van der Waals surface area contributed by atoms with Gasteiger partial charge < -0.3 is 14.8 Å². The van der Waals surface area contributed by atoms with Crippen molar-refractivity contribution >= 4 is 10.9 Å². The van der Waals surface area contributed by atoms with Crippen LogP contribution in [-0.4, -0.2) is 10.1 Å². The van der Waals surface area contributed by atoms with Crippen LogP contribution in [0.5, 0.6) is 5.75 Å². The van der Waals surface area contributed by atoms with E-state index in [9.17, 15) is 5.11 Å². The molecule has 1 heterocycles. The van der Waals surface area contributed by atoms with Crippen LogP contribution in [0.4, 0.5) is 0 Å². The molecule has 0 aliphatic rings. The van der Waals surface area contributed by atoms with Crippen LogP contribution in [0, 0.1) is 0 Å². The Kier molecular flexibility index (Phi) is 3.44. The molecular weight excluding hydrogens is 250 g/mol. The molecule has 0 amide bonds. The SMILES string of the molecule is CC(O)c1c[nH]c2ccc(OCc3ccccc3)cc12. The standard InChI is InChI=1S/C17H17NO2/c1-12(19)16-10-18-17-8-7-14(9-15(16)17)20-11-13-5-3-2-4-6-13/h2-10,12,18-19H,11H2,1H3. The molecule has 2 N–H and O–H groups in total. The lowest BCUT2D eigenvalue weighted by atomic mass is 10.1. The zero-order chi connectivity index (χ0) is 13.9. The lowest BCUT2D eigenvalue weighted by Crippen LogP contribution is -1.95. The summed E-state index contributed by atoms with van der Waals surface area (Å²) in [7, 11) is 0. The molecular formula is C17H17NO2. The number of ether oxygens (including phenoxy) is 1. The fourth-order valence-electron chi connectivity index (χ4n) is 2.30. The van der Waals surface area contributed by atoms with Gasteiger partial charge in [-0.1, -0.05) is 30.3 Å². The maximum absolute atomic E-state index is 9.75. The summed E-state index contributed by atoms with van der Waals surface area (Å²) in [4.78, 5) is 3.15. The molecule has 0 bridgehead atoms. The normalized spacial score (nSPS) is 12.5. The number of rotatable bonds is 4. The number of H-pyrrole nitrogens is 1. The quantitative estimate of drug-likeness (QED) is 0.755. The number of nitrogens with one attached hydrogen (secondary N) is 1. The average Bonchev–Trinajstić information content (AvgIpc) is 2.89. The van der Waals surface area contributed by atoms with Crippen LogP contribution in [0.1, 0.15) is 24.2 Å². The molecule has 3 nitrogen and oxygen atoms in total. The summed E-state index contributed by atoms with van der Waals surface area (Å²) in [5.74, 6) is 0.808. The Hall–Kier alpha value is -2.26. The highest BCUT2D eigenvalue weighted by atomic mass is 16.5. The number of aliphatic hydroxyl groups excluding tert-OH is 1. The van der Waals surface area contributed by atoms with E-state index in [0.717, 1.165) is 27.8 Å². The van der Waals surface area contributed by atoms with Gasteiger partial charge in [-0.15, -0.1) is 0 Å². The van der Waals surface area contributed by atoms with Crippen molar-refractivity contribution in [2.75, 3.05) is 0 Å². The maximum atomic E-state index is 9.75. The summed E-state index contributed by atoms with van der Waals surface area (Å²) in [6.45, 7) is 2.31. The number of fused-ring (bicyclic) bond motifs is 1. The lowest BCUT2D eigenvalue weighted by Gasteiger charge is -2.07. The first-order valence-corrected chi connectivity index (χ1v) is 6.70. The monoisotopic (exact) mass is 267 g/mol. The van der Waals surface area contributed by atoms with E-state index < -0.39 is 6.10 Å². The molecule has 0 saturated heterocycles. The van der Waals surface area contributed by atoms with E-state index in [1.807, 2.05) is 54.7 Å². The second-order valence-corrected chi connectivity index (χ2v) is 4.90. The highest BCUT2D eigenvalue weighted by Crippen LogP contribution is 2.27. The van der Waals surface area contributed by atoms with Gasteiger partial charge in [0, 0.05) is 22.7 Å². The molecule has 102 valence electrons. The maximum Gasteiger partial charge on any atom is 0.120 e. The lowest BCUT2D eigenvalue weighted by molar-refractivity contribution is 0.201. The van der Waals surface area contributed by atoms with Crippen LogP contribution in [-0.2, 0) is 6.61 Å². The van der Waals surface area contributed by atoms with Crippen molar-refractivity contribution in [2.24, 2.45) is 0 Å². The number of hydrogen-bond donors (Lipinski definition) is 2. The summed E-state index contributed by atoms with van der Waals surface area (Å²) in [6.07, 6.45) is 1.35. The molecule has 0 spiro atoms. The van der Waals surface area contributed by atoms with Gasteiger partial charge in [0.1, 0.15) is 12.4 Å². The molecule has 3 aromatic rings. The zero-order valence-corrected chi connectivity index (χ0v) is 11.3. The number of hydrogen-bond acceptors (Lipinski definition) is 2. The van der Waals surface area contributed by atoms with Crippen molar-refractivity contribution in [2.45, 2.75) is 19.6 Å². The van der Waals surface area contributed by atoms with Crippen molar-refractivity contribution in [1.82, 2.24) is 4.98 Å². The third-order valence-corrected chi connectivity index (χ3v) is 3.38. The van der Waals surface area contributed by atoms with Crippen molar-refractivity contribution in [3.05, 3.63) is 65.9 Å². The number of benzene rings is 2. The minimum absolute atomic E-state index is 0.492. The molecule has 1 atom stereocenters. The Morgan fingerprint density at radius 3 is 2.70 bits per heavy atom. The van der Waals surface area contributed by atoms with Gasteiger partial charge in [0.15, 0.2) is 0 Å². The Bertz CT molecular complexity index is 701. The van der Waals surface area contributed by atoms with E-state index in [1.165, 1.54) is 0 Å². The van der Waals surface area contributed by atoms with E-state index in [1.54, 1.807) is 6.92 Å². The summed E-state index contributed by atoms with van der Waals surface area (Å²) in [6, 6.07) is 15.9. The summed E-state index contributed by atoms with van der Waals surface area (Å²) in [5.41, 5.74) is 3.04. The first kappa shape index (κ1) is 12.8. The van der Waals surface area contributed by atoms with Gasteiger partial charge >= 0.3 is 0 Å². The molecule has 3 heteroatoms. The first-order chi connectivity index (χ1) is 9.74. The Labute approximate surface area is 117 Å². The smallest absolute Gasteiger partial charge is 0.120 e. The number of aliphatic hydroxyl groups is 1. The van der Waals surface area contributed by atoms with E-state index >= 15 is 0 Å². The van der Waals surface area contributed by atoms with E-state index in [4.69, 9.17) is 4.74 Å². The van der Waals surface area contributed by atoms with Gasteiger partial charge in [-0.3, -0.25) is 0 Å². The van der Waals surface area contributed by atoms with Gasteiger partial charge in [0.05, 0.1) is 6.10 Å². The minimum atomic E-state index is -0.492. The van der Waals surface area contributed by atoms with Crippen LogP contribution in [0.25, 0.3) is 10.9 Å². The molecule has 1 unspecified atom stereocenters. The van der Waals surface area contributed by atoms with Crippen LogP contribution >= 0.6 is 0 Å².